The van der Waals surface area contributed by atoms with Crippen molar-refractivity contribution >= 4 is 5.91 Å². The second-order valence-electron chi connectivity index (χ2n) is 11.6. The zero-order chi connectivity index (χ0) is 33.2. The van der Waals surface area contributed by atoms with Gasteiger partial charge in [0.15, 0.2) is 0 Å². The number of hydrogen-bond donors (Lipinski definition) is 12. The molecule has 0 aliphatic rings. The Hall–Kier alpha value is -1.79. The second-order valence-corrected chi connectivity index (χ2v) is 11.6. The molecule has 1 aromatic carbocycles. The summed E-state index contributed by atoms with van der Waals surface area (Å²) in [7, 11) is 0. The standard InChI is InChI=1S/C30H56N4O10/c1-19(26(40)28(42)24(38)17-35)15-34(16-23(37)27(41)29(43)25(39)18-36)14-4-13-33-22(30(32)44)11-10-21-8-6-20(7-9-21)5-2-3-12-31/h6-9,19,22-29,33,35-43H,2-5,10-18,31H2,1H3,(H2,32,44)/t19-,22?,23-,24+,25+,26+,27+,28+,29+/m0/s1. The lowest BCUT2D eigenvalue weighted by Crippen LogP contribution is -2.51. The van der Waals surface area contributed by atoms with Crippen LogP contribution >= 0.6 is 0 Å². The molecule has 14 N–H and O–H groups in total. The van der Waals surface area contributed by atoms with Crippen LogP contribution < -0.4 is 16.8 Å². The Bertz CT molecular complexity index is 869. The summed E-state index contributed by atoms with van der Waals surface area (Å²) < 4.78 is 0. The van der Waals surface area contributed by atoms with Crippen molar-refractivity contribution in [1.29, 1.82) is 0 Å². The maximum Gasteiger partial charge on any atom is 0.234 e. The molecule has 0 aliphatic carbocycles. The Morgan fingerprint density at radius 2 is 1.30 bits per heavy atom. The molecule has 0 spiro atoms. The molecule has 0 bridgehead atoms. The van der Waals surface area contributed by atoms with Gasteiger partial charge in [-0.05, 0) is 75.2 Å². The van der Waals surface area contributed by atoms with Crippen molar-refractivity contribution in [3.05, 3.63) is 35.4 Å². The van der Waals surface area contributed by atoms with Crippen LogP contribution in [0.5, 0.6) is 0 Å². The monoisotopic (exact) mass is 632 g/mol. The first-order chi connectivity index (χ1) is 20.9. The Morgan fingerprint density at radius 1 is 0.773 bits per heavy atom. The van der Waals surface area contributed by atoms with Gasteiger partial charge in [-0.2, -0.15) is 0 Å². The molecule has 1 amide bonds. The van der Waals surface area contributed by atoms with Crippen molar-refractivity contribution in [2.45, 2.75) is 94.2 Å². The SMILES string of the molecule is C[C@@H](CN(CCCNC(CCc1ccc(CCCCN)cc1)C(N)=O)C[C@H](O)[C@@H](O)[C@H](O)[C@H](O)CO)[C@@H](O)[C@H](O)[C@H](O)CO. The predicted molar refractivity (Wildman–Crippen MR) is 164 cm³/mol. The number of aliphatic hydroxyl groups is 9. The molecule has 14 nitrogen and oxygen atoms in total. The van der Waals surface area contributed by atoms with E-state index in [-0.39, 0.29) is 19.6 Å². The van der Waals surface area contributed by atoms with Crippen molar-refractivity contribution in [3.63, 3.8) is 0 Å². The fraction of sp³-hybridized carbons (Fsp3) is 0.767. The van der Waals surface area contributed by atoms with Crippen molar-refractivity contribution in [2.75, 3.05) is 45.9 Å². The number of nitrogens with one attached hydrogen (secondary N) is 1. The van der Waals surface area contributed by atoms with E-state index in [1.807, 2.05) is 12.1 Å². The normalized spacial score (nSPS) is 18.3. The zero-order valence-electron chi connectivity index (χ0n) is 25.7. The molecule has 0 radical (unpaired) electrons. The number of primary amides is 1. The Balaban J connectivity index is 2.77. The van der Waals surface area contributed by atoms with Gasteiger partial charge >= 0.3 is 0 Å². The maximum absolute atomic E-state index is 12.1. The number of carbonyl (C=O) groups excluding carboxylic acids is 1. The number of amides is 1. The summed E-state index contributed by atoms with van der Waals surface area (Å²) in [4.78, 5) is 13.8. The van der Waals surface area contributed by atoms with Gasteiger partial charge in [-0.3, -0.25) is 4.79 Å². The highest BCUT2D eigenvalue weighted by Crippen LogP contribution is 2.15. The second kappa shape index (κ2) is 21.9. The molecule has 0 aliphatic heterocycles. The third-order valence-corrected chi connectivity index (χ3v) is 7.88. The van der Waals surface area contributed by atoms with Crippen LogP contribution in [-0.4, -0.2) is 151 Å². The van der Waals surface area contributed by atoms with Crippen LogP contribution in [0, 0.1) is 5.92 Å². The van der Waals surface area contributed by atoms with E-state index in [0.717, 1.165) is 24.8 Å². The van der Waals surface area contributed by atoms with E-state index < -0.39 is 73.8 Å². The molecule has 0 saturated carbocycles. The van der Waals surface area contributed by atoms with Crippen LogP contribution in [-0.2, 0) is 17.6 Å². The van der Waals surface area contributed by atoms with Gasteiger partial charge in [0, 0.05) is 13.1 Å². The molecule has 256 valence electrons. The Labute approximate surface area is 259 Å². The van der Waals surface area contributed by atoms with Crippen molar-refractivity contribution < 1.29 is 50.8 Å². The number of benzene rings is 1. The summed E-state index contributed by atoms with van der Waals surface area (Å²) >= 11 is 0. The molecule has 0 fully saturated rings. The van der Waals surface area contributed by atoms with Crippen molar-refractivity contribution in [2.24, 2.45) is 17.4 Å². The summed E-state index contributed by atoms with van der Waals surface area (Å²) in [6.45, 7) is 1.18. The van der Waals surface area contributed by atoms with E-state index in [1.54, 1.807) is 11.8 Å². The van der Waals surface area contributed by atoms with Crippen LogP contribution in [0.15, 0.2) is 24.3 Å². The molecule has 1 rings (SSSR count). The van der Waals surface area contributed by atoms with Crippen LogP contribution in [0.1, 0.15) is 43.7 Å². The number of carbonyl (C=O) groups is 1. The number of aliphatic hydroxyl groups excluding tert-OH is 9. The average molecular weight is 633 g/mol. The number of aryl methyl sites for hydroxylation is 2. The molecule has 1 unspecified atom stereocenters. The van der Waals surface area contributed by atoms with Gasteiger partial charge in [-0.25, -0.2) is 0 Å². The fourth-order valence-electron chi connectivity index (χ4n) is 4.96. The number of rotatable bonds is 25. The van der Waals surface area contributed by atoms with Gasteiger partial charge in [0.25, 0.3) is 0 Å². The summed E-state index contributed by atoms with van der Waals surface area (Å²) in [6, 6.07) is 7.63. The topological polar surface area (TPSA) is 266 Å². The smallest absolute Gasteiger partial charge is 0.234 e. The lowest BCUT2D eigenvalue weighted by molar-refractivity contribution is -0.122. The van der Waals surface area contributed by atoms with Gasteiger partial charge in [-0.15, -0.1) is 0 Å². The highest BCUT2D eigenvalue weighted by atomic mass is 16.4. The lowest BCUT2D eigenvalue weighted by Gasteiger charge is -2.34. The largest absolute Gasteiger partial charge is 0.394 e. The van der Waals surface area contributed by atoms with Crippen LogP contribution in [0.2, 0.25) is 0 Å². The molecule has 0 saturated heterocycles. The molecule has 14 heteroatoms. The van der Waals surface area contributed by atoms with Crippen molar-refractivity contribution in [3.8, 4) is 0 Å². The van der Waals surface area contributed by atoms with E-state index in [1.165, 1.54) is 5.56 Å². The van der Waals surface area contributed by atoms with E-state index in [2.05, 4.69) is 17.4 Å². The first-order valence-electron chi connectivity index (χ1n) is 15.4. The van der Waals surface area contributed by atoms with Gasteiger partial charge < -0.3 is 67.6 Å². The summed E-state index contributed by atoms with van der Waals surface area (Å²) in [5, 5.41) is 92.0. The molecular formula is C30H56N4O10. The Morgan fingerprint density at radius 3 is 1.82 bits per heavy atom. The molecule has 0 heterocycles. The molecule has 0 aromatic heterocycles. The molecular weight excluding hydrogens is 576 g/mol. The molecule has 9 atom stereocenters. The molecule has 44 heavy (non-hydrogen) atoms. The summed E-state index contributed by atoms with van der Waals surface area (Å²) in [5.74, 6) is -1.16. The van der Waals surface area contributed by atoms with Gasteiger partial charge in [0.2, 0.25) is 5.91 Å². The van der Waals surface area contributed by atoms with Gasteiger partial charge in [0.05, 0.1) is 31.5 Å². The Kier molecular flexibility index (Phi) is 20.0. The van der Waals surface area contributed by atoms with E-state index >= 15 is 0 Å². The van der Waals surface area contributed by atoms with Gasteiger partial charge in [0.1, 0.15) is 30.5 Å². The quantitative estimate of drug-likeness (QED) is 0.0462. The zero-order valence-corrected chi connectivity index (χ0v) is 25.7. The summed E-state index contributed by atoms with van der Waals surface area (Å²) in [5.41, 5.74) is 13.5. The summed E-state index contributed by atoms with van der Waals surface area (Å²) in [6.07, 6.45) is -6.91. The number of nitrogens with two attached hydrogens (primary N) is 2. The van der Waals surface area contributed by atoms with Crippen LogP contribution in [0.3, 0.4) is 0 Å². The van der Waals surface area contributed by atoms with Crippen molar-refractivity contribution in [1.82, 2.24) is 10.2 Å². The predicted octanol–water partition coefficient (Wildman–Crippen LogP) is -3.82. The number of nitrogens with zero attached hydrogens (tertiary/aromatic N) is 1. The maximum atomic E-state index is 12.1. The minimum atomic E-state index is -1.81. The van der Waals surface area contributed by atoms with Crippen LogP contribution in [0.4, 0.5) is 0 Å². The van der Waals surface area contributed by atoms with E-state index in [4.69, 9.17) is 21.7 Å². The lowest BCUT2D eigenvalue weighted by atomic mass is 9.95. The van der Waals surface area contributed by atoms with E-state index in [9.17, 15) is 40.5 Å². The highest BCUT2D eigenvalue weighted by molar-refractivity contribution is 5.79. The average Bonchev–Trinajstić information content (AvgIpc) is 3.02. The number of unbranched alkanes of at least 4 members (excludes halogenated alkanes) is 1. The van der Waals surface area contributed by atoms with Crippen LogP contribution in [0.25, 0.3) is 0 Å². The molecule has 1 aromatic rings. The fourth-order valence-corrected chi connectivity index (χ4v) is 4.96. The highest BCUT2D eigenvalue weighted by Gasteiger charge is 2.33. The third kappa shape index (κ3) is 14.5. The first-order valence-corrected chi connectivity index (χ1v) is 15.4. The van der Waals surface area contributed by atoms with E-state index in [0.29, 0.717) is 32.4 Å². The minimum Gasteiger partial charge on any atom is -0.394 e. The first kappa shape index (κ1) is 40.2. The van der Waals surface area contributed by atoms with Gasteiger partial charge in [-0.1, -0.05) is 31.2 Å². The number of hydrogen-bond acceptors (Lipinski definition) is 13. The minimum absolute atomic E-state index is 0.0697. The third-order valence-electron chi connectivity index (χ3n) is 7.88.